The number of aromatic nitrogens is 1. The molecule has 0 unspecified atom stereocenters. The third-order valence-electron chi connectivity index (χ3n) is 6.65. The molecule has 4 rings (SSSR count). The number of rotatable bonds is 11. The van der Waals surface area contributed by atoms with Crippen LogP contribution in [0.25, 0.3) is 10.9 Å². The molecular weight excluding hydrogens is 511 g/mol. The van der Waals surface area contributed by atoms with E-state index in [-0.39, 0.29) is 18.2 Å². The van der Waals surface area contributed by atoms with Gasteiger partial charge in [0.2, 0.25) is 5.91 Å². The maximum absolute atomic E-state index is 13.9. The molecule has 0 radical (unpaired) electrons. The van der Waals surface area contributed by atoms with Crippen LogP contribution in [0.1, 0.15) is 36.0 Å². The number of aromatic hydroxyl groups is 1. The minimum Gasteiger partial charge on any atom is -0.494 e. The second kappa shape index (κ2) is 12.6. The zero-order valence-corrected chi connectivity index (χ0v) is 22.8. The molecule has 3 aromatic carbocycles. The smallest absolute Gasteiger partial charge is 0.303 e. The molecule has 1 heterocycles. The van der Waals surface area contributed by atoms with E-state index in [0.29, 0.717) is 46.3 Å². The van der Waals surface area contributed by atoms with E-state index in [1.807, 2.05) is 55.4 Å². The first-order valence-corrected chi connectivity index (χ1v) is 13.0. The molecule has 208 valence electrons. The van der Waals surface area contributed by atoms with Crippen LogP contribution < -0.4 is 4.90 Å². The van der Waals surface area contributed by atoms with E-state index in [1.165, 1.54) is 12.1 Å². The van der Waals surface area contributed by atoms with Gasteiger partial charge in [0.25, 0.3) is 0 Å². The van der Waals surface area contributed by atoms with Crippen molar-refractivity contribution in [2.75, 3.05) is 32.6 Å². The second-order valence-electron chi connectivity index (χ2n) is 9.97. The number of H-pyrrole nitrogens is 1. The third kappa shape index (κ3) is 6.92. The normalized spacial score (nSPS) is 11.8. The number of aryl methyl sites for hydroxylation is 1. The molecule has 0 fully saturated rings. The van der Waals surface area contributed by atoms with E-state index in [9.17, 15) is 19.1 Å². The van der Waals surface area contributed by atoms with Gasteiger partial charge < -0.3 is 25.0 Å². The standard InChI is InChI=1S/C31H33FN4O4/c1-35(2)17-5-8-27(37)36(3)24-13-11-23(12-14-24)33-30(21-7-4-6-20(18-21)9-16-28(38)39)29-25-15-10-22(32)19-26(25)34-31(29)40/h4,6-7,10-15,18-19,34,40H,5,8-9,16-17H2,1-3H3,(H,38,39). The van der Waals surface area contributed by atoms with Crippen molar-refractivity contribution in [2.45, 2.75) is 25.7 Å². The summed E-state index contributed by atoms with van der Waals surface area (Å²) in [4.78, 5) is 35.1. The van der Waals surface area contributed by atoms with Crippen molar-refractivity contribution in [1.82, 2.24) is 9.88 Å². The van der Waals surface area contributed by atoms with E-state index in [2.05, 4.69) is 4.98 Å². The van der Waals surface area contributed by atoms with Gasteiger partial charge in [-0.1, -0.05) is 18.2 Å². The number of carboxylic acids is 1. The highest BCUT2D eigenvalue weighted by atomic mass is 19.1. The molecular formula is C31H33FN4O4. The number of carboxylic acid groups (broad SMARTS) is 1. The first kappa shape index (κ1) is 28.5. The van der Waals surface area contributed by atoms with Crippen molar-refractivity contribution in [1.29, 1.82) is 0 Å². The van der Waals surface area contributed by atoms with Gasteiger partial charge in [-0.2, -0.15) is 0 Å². The van der Waals surface area contributed by atoms with E-state index in [0.717, 1.165) is 24.2 Å². The van der Waals surface area contributed by atoms with Gasteiger partial charge in [-0.15, -0.1) is 0 Å². The van der Waals surface area contributed by atoms with E-state index in [1.54, 1.807) is 30.1 Å². The number of carbonyl (C=O) groups excluding carboxylic acids is 1. The Hall–Kier alpha value is -4.50. The lowest BCUT2D eigenvalue weighted by Gasteiger charge is -2.18. The quantitative estimate of drug-likeness (QED) is 0.216. The predicted molar refractivity (Wildman–Crippen MR) is 155 cm³/mol. The molecule has 0 aliphatic rings. The molecule has 8 nitrogen and oxygen atoms in total. The maximum Gasteiger partial charge on any atom is 0.303 e. The highest BCUT2D eigenvalue weighted by Crippen LogP contribution is 2.32. The zero-order valence-electron chi connectivity index (χ0n) is 22.8. The van der Waals surface area contributed by atoms with Crippen molar-refractivity contribution in [3.05, 3.63) is 89.2 Å². The van der Waals surface area contributed by atoms with Gasteiger partial charge in [-0.3, -0.25) is 9.59 Å². The molecule has 1 aromatic heterocycles. The van der Waals surface area contributed by atoms with Crippen LogP contribution in [0, 0.1) is 5.82 Å². The van der Waals surface area contributed by atoms with Crippen LogP contribution in [0.4, 0.5) is 15.8 Å². The Bertz CT molecular complexity index is 1540. The summed E-state index contributed by atoms with van der Waals surface area (Å²) in [5, 5.41) is 20.6. The average Bonchev–Trinajstić information content (AvgIpc) is 3.24. The van der Waals surface area contributed by atoms with Gasteiger partial charge in [0.05, 0.1) is 22.5 Å². The Balaban J connectivity index is 1.72. The Kier molecular flexibility index (Phi) is 8.96. The molecule has 0 bridgehead atoms. The van der Waals surface area contributed by atoms with Crippen LogP contribution >= 0.6 is 0 Å². The fourth-order valence-corrected chi connectivity index (χ4v) is 4.52. The number of nitrogens with one attached hydrogen (secondary N) is 1. The van der Waals surface area contributed by atoms with Gasteiger partial charge >= 0.3 is 5.97 Å². The number of amides is 1. The van der Waals surface area contributed by atoms with E-state index < -0.39 is 11.8 Å². The molecule has 3 N–H and O–H groups in total. The molecule has 4 aromatic rings. The molecule has 1 amide bonds. The Morgan fingerprint density at radius 1 is 0.975 bits per heavy atom. The first-order valence-electron chi connectivity index (χ1n) is 13.0. The highest BCUT2D eigenvalue weighted by Gasteiger charge is 2.20. The minimum atomic E-state index is -0.892. The van der Waals surface area contributed by atoms with Crippen molar-refractivity contribution in [2.24, 2.45) is 4.99 Å². The Labute approximate surface area is 232 Å². The number of hydrogen-bond donors (Lipinski definition) is 3. The number of aromatic amines is 1. The van der Waals surface area contributed by atoms with Gasteiger partial charge in [-0.25, -0.2) is 9.38 Å². The number of halogens is 1. The van der Waals surface area contributed by atoms with Gasteiger partial charge in [0.15, 0.2) is 5.88 Å². The first-order chi connectivity index (χ1) is 19.1. The number of carbonyl (C=O) groups is 2. The van der Waals surface area contributed by atoms with Gasteiger partial charge in [0, 0.05) is 36.5 Å². The van der Waals surface area contributed by atoms with Gasteiger partial charge in [0.1, 0.15) is 5.82 Å². The summed E-state index contributed by atoms with van der Waals surface area (Å²) >= 11 is 0. The summed E-state index contributed by atoms with van der Waals surface area (Å²) in [6.07, 6.45) is 1.53. The predicted octanol–water partition coefficient (Wildman–Crippen LogP) is 5.50. The van der Waals surface area contributed by atoms with E-state index >= 15 is 0 Å². The van der Waals surface area contributed by atoms with Crippen molar-refractivity contribution >= 4 is 39.9 Å². The largest absolute Gasteiger partial charge is 0.494 e. The summed E-state index contributed by atoms with van der Waals surface area (Å²) in [5.74, 6) is -1.47. The number of anilines is 1. The maximum atomic E-state index is 13.9. The Morgan fingerprint density at radius 3 is 2.42 bits per heavy atom. The Morgan fingerprint density at radius 2 is 1.73 bits per heavy atom. The van der Waals surface area contributed by atoms with Crippen LogP contribution in [0.5, 0.6) is 5.88 Å². The zero-order chi connectivity index (χ0) is 28.8. The monoisotopic (exact) mass is 544 g/mol. The summed E-state index contributed by atoms with van der Waals surface area (Å²) in [6.45, 7) is 0.834. The van der Waals surface area contributed by atoms with Crippen LogP contribution in [0.3, 0.4) is 0 Å². The fourth-order valence-electron chi connectivity index (χ4n) is 4.52. The van der Waals surface area contributed by atoms with Crippen molar-refractivity contribution in [3.8, 4) is 5.88 Å². The molecule has 0 saturated carbocycles. The summed E-state index contributed by atoms with van der Waals surface area (Å²) in [5.41, 5.74) is 4.06. The SMILES string of the molecule is CN(C)CCCC(=O)N(C)c1ccc(N=C(c2cccc(CCC(=O)O)c2)c2c(O)[nH]c3cc(F)ccc23)cc1. The lowest BCUT2D eigenvalue weighted by Crippen LogP contribution is -2.27. The summed E-state index contributed by atoms with van der Waals surface area (Å²) in [6, 6.07) is 18.7. The lowest BCUT2D eigenvalue weighted by molar-refractivity contribution is -0.137. The van der Waals surface area contributed by atoms with Gasteiger partial charge in [-0.05, 0) is 87.6 Å². The summed E-state index contributed by atoms with van der Waals surface area (Å²) < 4.78 is 13.9. The molecule has 40 heavy (non-hydrogen) atoms. The van der Waals surface area contributed by atoms with Crippen LogP contribution in [-0.4, -0.2) is 65.4 Å². The van der Waals surface area contributed by atoms with Crippen molar-refractivity contribution < 1.29 is 24.2 Å². The number of hydrogen-bond acceptors (Lipinski definition) is 5. The number of fused-ring (bicyclic) bond motifs is 1. The molecule has 0 aliphatic heterocycles. The van der Waals surface area contributed by atoms with Crippen molar-refractivity contribution in [3.63, 3.8) is 0 Å². The molecule has 0 saturated heterocycles. The topological polar surface area (TPSA) is 109 Å². The number of aliphatic imine (C=N–C) groups is 1. The fraction of sp³-hybridized carbons (Fsp3) is 0.258. The summed E-state index contributed by atoms with van der Waals surface area (Å²) in [7, 11) is 5.69. The second-order valence-corrected chi connectivity index (χ2v) is 9.97. The molecule has 0 atom stereocenters. The number of aliphatic carboxylic acids is 1. The number of benzene rings is 3. The average molecular weight is 545 g/mol. The van der Waals surface area contributed by atoms with Crippen LogP contribution in [-0.2, 0) is 16.0 Å². The molecule has 9 heteroatoms. The minimum absolute atomic E-state index is 0.0175. The van der Waals surface area contributed by atoms with E-state index in [4.69, 9.17) is 10.1 Å². The third-order valence-corrected chi connectivity index (χ3v) is 6.65. The molecule has 0 spiro atoms. The lowest BCUT2D eigenvalue weighted by atomic mass is 9.97. The molecule has 0 aliphatic carbocycles. The number of nitrogens with zero attached hydrogens (tertiary/aromatic N) is 3. The highest BCUT2D eigenvalue weighted by molar-refractivity contribution is 6.22. The van der Waals surface area contributed by atoms with Crippen LogP contribution in [0.2, 0.25) is 0 Å². The van der Waals surface area contributed by atoms with Crippen LogP contribution in [0.15, 0.2) is 71.7 Å².